The summed E-state index contributed by atoms with van der Waals surface area (Å²) in [6, 6.07) is 4.68. The molecule has 1 aromatic carbocycles. The molecule has 3 rings (SSSR count). The number of aromatic nitrogens is 2. The maximum absolute atomic E-state index is 12.9. The molecule has 0 unspecified atom stereocenters. The lowest BCUT2D eigenvalue weighted by atomic mass is 10.0. The highest BCUT2D eigenvalue weighted by Gasteiger charge is 2.25. The van der Waals surface area contributed by atoms with Gasteiger partial charge in [-0.1, -0.05) is 43.1 Å². The number of amides is 2. The molecule has 0 spiro atoms. The lowest BCUT2D eigenvalue weighted by Gasteiger charge is -2.30. The van der Waals surface area contributed by atoms with Crippen LogP contribution in [0.1, 0.15) is 49.0 Å². The molecule has 0 saturated carbocycles. The van der Waals surface area contributed by atoms with E-state index in [0.717, 1.165) is 35.5 Å². The van der Waals surface area contributed by atoms with E-state index in [0.29, 0.717) is 35.5 Å². The molecular weight excluding hydrogens is 411 g/mol. The normalized spacial score (nSPS) is 14.6. The average Bonchev–Trinajstić information content (AvgIpc) is 2.68. The number of rotatable bonds is 6. The van der Waals surface area contributed by atoms with Crippen LogP contribution in [-0.2, 0) is 19.4 Å². The molecule has 2 heterocycles. The van der Waals surface area contributed by atoms with E-state index in [2.05, 4.69) is 29.1 Å². The van der Waals surface area contributed by atoms with Gasteiger partial charge in [-0.3, -0.25) is 0 Å². The van der Waals surface area contributed by atoms with Crippen molar-refractivity contribution in [1.82, 2.24) is 20.2 Å². The number of nitrogens with zero attached hydrogens (tertiary/aromatic N) is 3. The van der Waals surface area contributed by atoms with Crippen LogP contribution in [0.25, 0.3) is 0 Å². The van der Waals surface area contributed by atoms with Crippen molar-refractivity contribution in [2.45, 2.75) is 45.7 Å². The van der Waals surface area contributed by atoms with Gasteiger partial charge in [0.2, 0.25) is 0 Å². The Hall–Kier alpha value is -1.89. The van der Waals surface area contributed by atoms with E-state index in [-0.39, 0.29) is 18.7 Å². The minimum Gasteiger partial charge on any atom is -0.396 e. The van der Waals surface area contributed by atoms with Gasteiger partial charge in [-0.25, -0.2) is 14.8 Å². The molecule has 1 aliphatic heterocycles. The molecule has 1 aliphatic rings. The van der Waals surface area contributed by atoms with Crippen LogP contribution in [0.4, 0.5) is 4.79 Å². The van der Waals surface area contributed by atoms with Crippen molar-refractivity contribution in [3.8, 4) is 0 Å². The van der Waals surface area contributed by atoms with Gasteiger partial charge in [0, 0.05) is 25.8 Å². The fourth-order valence-electron chi connectivity index (χ4n) is 3.40. The maximum Gasteiger partial charge on any atom is 0.318 e. The molecule has 0 saturated heterocycles. The SMILES string of the molecule is CC(C)Cc1ncc2c(n1)CN(C(=O)N[C@@H](CCO)c1ccc(Cl)c(Cl)c1)CC2. The molecule has 2 aromatic rings. The van der Waals surface area contributed by atoms with E-state index in [9.17, 15) is 9.90 Å². The predicted molar refractivity (Wildman–Crippen MR) is 114 cm³/mol. The van der Waals surface area contributed by atoms with E-state index in [1.54, 1.807) is 17.0 Å². The summed E-state index contributed by atoms with van der Waals surface area (Å²) in [4.78, 5) is 23.8. The number of fused-ring (bicyclic) bond motifs is 1. The molecular formula is C21H26Cl2N4O2. The maximum atomic E-state index is 12.9. The number of carbonyl (C=O) groups excluding carboxylic acids is 1. The Morgan fingerprint density at radius 2 is 2.10 bits per heavy atom. The van der Waals surface area contributed by atoms with Gasteiger partial charge in [0.05, 0.1) is 28.3 Å². The number of carbonyl (C=O) groups is 1. The van der Waals surface area contributed by atoms with Crippen molar-refractivity contribution in [3.63, 3.8) is 0 Å². The van der Waals surface area contributed by atoms with Gasteiger partial charge in [0.15, 0.2) is 0 Å². The van der Waals surface area contributed by atoms with Crippen molar-refractivity contribution >= 4 is 29.2 Å². The van der Waals surface area contributed by atoms with Gasteiger partial charge in [-0.15, -0.1) is 0 Å². The van der Waals surface area contributed by atoms with Crippen LogP contribution >= 0.6 is 23.2 Å². The highest BCUT2D eigenvalue weighted by Crippen LogP contribution is 2.27. The van der Waals surface area contributed by atoms with E-state index >= 15 is 0 Å². The standard InChI is InChI=1S/C21H26Cl2N4O2/c1-13(2)9-20-24-11-15-5-7-27(12-19(15)25-20)21(29)26-18(6-8-28)14-3-4-16(22)17(23)10-14/h3-4,10-11,13,18,28H,5-9,12H2,1-2H3,(H,26,29)/t18-/m0/s1. The van der Waals surface area contributed by atoms with Gasteiger partial charge in [0.25, 0.3) is 0 Å². The second-order valence-electron chi connectivity index (χ2n) is 7.72. The first-order chi connectivity index (χ1) is 13.9. The molecule has 0 aliphatic carbocycles. The van der Waals surface area contributed by atoms with E-state index < -0.39 is 0 Å². The lowest BCUT2D eigenvalue weighted by molar-refractivity contribution is 0.183. The first-order valence-electron chi connectivity index (χ1n) is 9.82. The van der Waals surface area contributed by atoms with Gasteiger partial charge in [-0.2, -0.15) is 0 Å². The third kappa shape index (κ3) is 5.59. The number of nitrogens with one attached hydrogen (secondary N) is 1. The lowest BCUT2D eigenvalue weighted by Crippen LogP contribution is -2.44. The van der Waals surface area contributed by atoms with Gasteiger partial charge >= 0.3 is 6.03 Å². The van der Waals surface area contributed by atoms with Crippen molar-refractivity contribution in [3.05, 3.63) is 57.1 Å². The van der Waals surface area contributed by atoms with Crippen molar-refractivity contribution in [2.24, 2.45) is 5.92 Å². The Bertz CT molecular complexity index is 876. The van der Waals surface area contributed by atoms with Crippen molar-refractivity contribution in [1.29, 1.82) is 0 Å². The molecule has 1 atom stereocenters. The Labute approximate surface area is 181 Å². The van der Waals surface area contributed by atoms with Crippen LogP contribution in [0, 0.1) is 5.92 Å². The summed E-state index contributed by atoms with van der Waals surface area (Å²) in [5.74, 6) is 1.29. The Morgan fingerprint density at radius 1 is 1.31 bits per heavy atom. The number of aliphatic hydroxyl groups is 1. The predicted octanol–water partition coefficient (Wildman–Crippen LogP) is 4.17. The number of hydrogen-bond acceptors (Lipinski definition) is 4. The van der Waals surface area contributed by atoms with E-state index in [4.69, 9.17) is 23.2 Å². The first kappa shape index (κ1) is 21.8. The molecule has 29 heavy (non-hydrogen) atoms. The molecule has 0 radical (unpaired) electrons. The van der Waals surface area contributed by atoms with E-state index in [1.807, 2.05) is 12.3 Å². The number of hydrogen-bond donors (Lipinski definition) is 2. The zero-order chi connectivity index (χ0) is 21.0. The number of urea groups is 1. The summed E-state index contributed by atoms with van der Waals surface area (Å²) in [6.07, 6.45) is 3.81. The fourth-order valence-corrected chi connectivity index (χ4v) is 3.71. The van der Waals surface area contributed by atoms with Crippen LogP contribution in [0.3, 0.4) is 0 Å². The molecule has 0 bridgehead atoms. The largest absolute Gasteiger partial charge is 0.396 e. The molecule has 8 heteroatoms. The van der Waals surface area contributed by atoms with Crippen LogP contribution in [-0.4, -0.2) is 39.2 Å². The van der Waals surface area contributed by atoms with Gasteiger partial charge in [-0.05, 0) is 42.0 Å². The fraction of sp³-hybridized carbons (Fsp3) is 0.476. The zero-order valence-electron chi connectivity index (χ0n) is 16.7. The summed E-state index contributed by atoms with van der Waals surface area (Å²) >= 11 is 12.1. The topological polar surface area (TPSA) is 78.4 Å². The van der Waals surface area contributed by atoms with Gasteiger partial charge < -0.3 is 15.3 Å². The quantitative estimate of drug-likeness (QED) is 0.711. The summed E-state index contributed by atoms with van der Waals surface area (Å²) in [6.45, 7) is 5.25. The monoisotopic (exact) mass is 436 g/mol. The molecule has 0 fully saturated rings. The Morgan fingerprint density at radius 3 is 2.79 bits per heavy atom. The summed E-state index contributed by atoms with van der Waals surface area (Å²) in [5, 5.41) is 13.3. The third-order valence-electron chi connectivity index (χ3n) is 4.94. The smallest absolute Gasteiger partial charge is 0.318 e. The minimum absolute atomic E-state index is 0.0557. The molecule has 6 nitrogen and oxygen atoms in total. The summed E-state index contributed by atoms with van der Waals surface area (Å²) in [5.41, 5.74) is 2.81. The number of aliphatic hydroxyl groups excluding tert-OH is 1. The minimum atomic E-state index is -0.356. The Kier molecular flexibility index (Phi) is 7.33. The van der Waals surface area contributed by atoms with Crippen molar-refractivity contribution in [2.75, 3.05) is 13.2 Å². The van der Waals surface area contributed by atoms with Gasteiger partial charge in [0.1, 0.15) is 5.82 Å². The zero-order valence-corrected chi connectivity index (χ0v) is 18.2. The molecule has 1 aromatic heterocycles. The second-order valence-corrected chi connectivity index (χ2v) is 8.53. The molecule has 2 amide bonds. The second kappa shape index (κ2) is 9.74. The number of benzene rings is 1. The summed E-state index contributed by atoms with van der Waals surface area (Å²) in [7, 11) is 0. The van der Waals surface area contributed by atoms with Crippen LogP contribution < -0.4 is 5.32 Å². The Balaban J connectivity index is 1.71. The molecule has 2 N–H and O–H groups in total. The third-order valence-corrected chi connectivity index (χ3v) is 5.67. The van der Waals surface area contributed by atoms with Crippen LogP contribution in [0.2, 0.25) is 10.0 Å². The highest BCUT2D eigenvalue weighted by molar-refractivity contribution is 6.42. The highest BCUT2D eigenvalue weighted by atomic mass is 35.5. The molecule has 156 valence electrons. The average molecular weight is 437 g/mol. The van der Waals surface area contributed by atoms with Crippen LogP contribution in [0.5, 0.6) is 0 Å². The van der Waals surface area contributed by atoms with Crippen LogP contribution in [0.15, 0.2) is 24.4 Å². The number of halogens is 2. The van der Waals surface area contributed by atoms with Crippen molar-refractivity contribution < 1.29 is 9.90 Å². The summed E-state index contributed by atoms with van der Waals surface area (Å²) < 4.78 is 0. The van der Waals surface area contributed by atoms with E-state index in [1.165, 1.54) is 0 Å². The first-order valence-corrected chi connectivity index (χ1v) is 10.6.